The molecule has 1 unspecified atom stereocenters. The molecule has 0 aliphatic rings. The normalized spacial score (nSPS) is 12.9. The number of carbonyl (C=O) groups is 1. The predicted molar refractivity (Wildman–Crippen MR) is 80.2 cm³/mol. The maximum absolute atomic E-state index is 13.4. The maximum Gasteiger partial charge on any atom is 0.413 e. The first-order valence-corrected chi connectivity index (χ1v) is 7.54. The molecular formula is C15H15F3N2O2S. The van der Waals surface area contributed by atoms with E-state index in [-0.39, 0.29) is 17.9 Å². The van der Waals surface area contributed by atoms with Gasteiger partial charge in [0.1, 0.15) is 10.7 Å². The maximum atomic E-state index is 13.4. The molecule has 0 saturated carbocycles. The van der Waals surface area contributed by atoms with E-state index >= 15 is 0 Å². The third-order valence-corrected chi connectivity index (χ3v) is 3.99. The minimum atomic E-state index is -4.59. The Morgan fingerprint density at radius 3 is 2.57 bits per heavy atom. The van der Waals surface area contributed by atoms with Gasteiger partial charge in [-0.15, -0.1) is 11.3 Å². The summed E-state index contributed by atoms with van der Waals surface area (Å²) < 4.78 is 45.2. The van der Waals surface area contributed by atoms with Gasteiger partial charge in [-0.25, -0.2) is 4.98 Å². The Labute approximate surface area is 135 Å². The number of rotatable bonds is 5. The number of thiazole rings is 1. The largest absolute Gasteiger partial charge is 0.413 e. The minimum absolute atomic E-state index is 0.00296. The Morgan fingerprint density at radius 2 is 2.00 bits per heavy atom. The van der Waals surface area contributed by atoms with Crippen molar-refractivity contribution in [3.63, 3.8) is 0 Å². The summed E-state index contributed by atoms with van der Waals surface area (Å²) in [6, 6.07) is 5.30. The van der Waals surface area contributed by atoms with Gasteiger partial charge >= 0.3 is 6.18 Å². The van der Waals surface area contributed by atoms with E-state index in [0.29, 0.717) is 9.91 Å². The van der Waals surface area contributed by atoms with Gasteiger partial charge in [0.05, 0.1) is 6.61 Å². The van der Waals surface area contributed by atoms with Crippen LogP contribution in [0.4, 0.5) is 13.2 Å². The van der Waals surface area contributed by atoms with Gasteiger partial charge < -0.3 is 9.64 Å². The summed E-state index contributed by atoms with van der Waals surface area (Å²) in [5.41, 5.74) is -0.0158. The Balaban J connectivity index is 2.29. The summed E-state index contributed by atoms with van der Waals surface area (Å²) in [6.07, 6.45) is -4.59. The van der Waals surface area contributed by atoms with E-state index in [2.05, 4.69) is 4.98 Å². The van der Waals surface area contributed by atoms with Crippen molar-refractivity contribution in [1.82, 2.24) is 9.88 Å². The molecule has 1 atom stereocenters. The number of alkyl halides is 3. The van der Waals surface area contributed by atoms with Gasteiger partial charge in [0.25, 0.3) is 5.91 Å². The molecule has 2 aromatic rings. The van der Waals surface area contributed by atoms with Gasteiger partial charge in [0.2, 0.25) is 0 Å². The van der Waals surface area contributed by atoms with Crippen molar-refractivity contribution in [2.45, 2.75) is 18.8 Å². The number of hydrogen-bond donors (Lipinski definition) is 0. The second kappa shape index (κ2) is 7.10. The van der Waals surface area contributed by atoms with Crippen LogP contribution >= 0.6 is 11.3 Å². The van der Waals surface area contributed by atoms with Crippen molar-refractivity contribution < 1.29 is 22.7 Å². The van der Waals surface area contributed by atoms with Gasteiger partial charge in [-0.2, -0.15) is 13.2 Å². The van der Waals surface area contributed by atoms with Crippen LogP contribution in [0.1, 0.15) is 27.1 Å². The zero-order chi connectivity index (χ0) is 17.0. The summed E-state index contributed by atoms with van der Waals surface area (Å²) in [7, 11) is 2.60. The van der Waals surface area contributed by atoms with Crippen LogP contribution in [0, 0.1) is 0 Å². The van der Waals surface area contributed by atoms with E-state index < -0.39 is 18.1 Å². The number of aromatic nitrogens is 1. The molecule has 0 aliphatic carbocycles. The lowest BCUT2D eigenvalue weighted by Crippen LogP contribution is -2.39. The van der Waals surface area contributed by atoms with Crippen LogP contribution < -0.4 is 0 Å². The topological polar surface area (TPSA) is 42.4 Å². The molecule has 23 heavy (non-hydrogen) atoms. The Hall–Kier alpha value is -1.93. The van der Waals surface area contributed by atoms with Gasteiger partial charge in [0.15, 0.2) is 6.04 Å². The highest BCUT2D eigenvalue weighted by atomic mass is 32.1. The molecule has 0 aliphatic heterocycles. The molecule has 8 heteroatoms. The first kappa shape index (κ1) is 17.4. The molecule has 1 heterocycles. The van der Waals surface area contributed by atoms with E-state index in [1.165, 1.54) is 48.1 Å². The fraction of sp³-hybridized carbons (Fsp3) is 0.333. The molecule has 0 fully saturated rings. The van der Waals surface area contributed by atoms with E-state index in [1.807, 2.05) is 0 Å². The number of hydrogen-bond acceptors (Lipinski definition) is 4. The quantitative estimate of drug-likeness (QED) is 0.831. The first-order valence-electron chi connectivity index (χ1n) is 6.66. The van der Waals surface area contributed by atoms with Crippen LogP contribution in [-0.2, 0) is 11.3 Å². The van der Waals surface area contributed by atoms with E-state index in [4.69, 9.17) is 4.74 Å². The number of ether oxygens (including phenoxy) is 1. The summed E-state index contributed by atoms with van der Waals surface area (Å²) in [6.45, 7) is 0.211. The first-order chi connectivity index (χ1) is 10.8. The Bertz CT molecular complexity index is 658. The number of amides is 1. The van der Waals surface area contributed by atoms with Crippen LogP contribution in [-0.4, -0.2) is 36.1 Å². The predicted octanol–water partition coefficient (Wildman–Crippen LogP) is 3.67. The van der Waals surface area contributed by atoms with E-state index in [0.717, 1.165) is 7.05 Å². The average molecular weight is 344 g/mol. The monoisotopic (exact) mass is 344 g/mol. The number of halogens is 3. The fourth-order valence-electron chi connectivity index (χ4n) is 2.16. The third-order valence-electron chi connectivity index (χ3n) is 3.17. The summed E-state index contributed by atoms with van der Waals surface area (Å²) >= 11 is 1.17. The highest BCUT2D eigenvalue weighted by Gasteiger charge is 2.45. The number of nitrogens with zero attached hydrogens (tertiary/aromatic N) is 2. The summed E-state index contributed by atoms with van der Waals surface area (Å²) in [5.74, 6) is -0.783. The van der Waals surface area contributed by atoms with Crippen LogP contribution in [0.3, 0.4) is 0 Å². The Morgan fingerprint density at radius 1 is 1.35 bits per heavy atom. The molecule has 124 valence electrons. The molecule has 0 saturated heterocycles. The lowest BCUT2D eigenvalue weighted by Gasteiger charge is -2.29. The lowest BCUT2D eigenvalue weighted by atomic mass is 10.0. The minimum Gasteiger partial charge on any atom is -0.378 e. The lowest BCUT2D eigenvalue weighted by molar-refractivity contribution is -0.176. The molecule has 4 nitrogen and oxygen atoms in total. The van der Waals surface area contributed by atoms with E-state index in [1.54, 1.807) is 6.07 Å². The smallest absolute Gasteiger partial charge is 0.378 e. The molecular weight excluding hydrogens is 329 g/mol. The molecule has 1 aromatic heterocycles. The van der Waals surface area contributed by atoms with Crippen molar-refractivity contribution in [3.05, 3.63) is 52.0 Å². The van der Waals surface area contributed by atoms with Crippen molar-refractivity contribution in [3.8, 4) is 0 Å². The van der Waals surface area contributed by atoms with Crippen molar-refractivity contribution in [2.24, 2.45) is 0 Å². The zero-order valence-electron chi connectivity index (χ0n) is 12.5. The van der Waals surface area contributed by atoms with Crippen LogP contribution in [0.15, 0.2) is 35.7 Å². The van der Waals surface area contributed by atoms with E-state index in [9.17, 15) is 18.0 Å². The van der Waals surface area contributed by atoms with Crippen molar-refractivity contribution in [2.75, 3.05) is 14.2 Å². The van der Waals surface area contributed by atoms with Gasteiger partial charge in [-0.3, -0.25) is 4.79 Å². The standard InChI is InChI=1S/C15H15F3N2O2S/c1-20(14(21)11-9-23-12(19-11)8-22-2)13(15(16,17)18)10-6-4-3-5-7-10/h3-7,9,13H,8H2,1-2H3. The number of carbonyl (C=O) groups excluding carboxylic acids is 1. The fourth-order valence-corrected chi connectivity index (χ4v) is 2.90. The summed E-state index contributed by atoms with van der Waals surface area (Å²) in [4.78, 5) is 17.0. The molecule has 0 bridgehead atoms. The van der Waals surface area contributed by atoms with Gasteiger partial charge in [-0.05, 0) is 5.56 Å². The molecule has 0 radical (unpaired) electrons. The van der Waals surface area contributed by atoms with Crippen molar-refractivity contribution in [1.29, 1.82) is 0 Å². The van der Waals surface area contributed by atoms with Gasteiger partial charge in [-0.1, -0.05) is 30.3 Å². The molecule has 0 N–H and O–H groups in total. The molecule has 1 amide bonds. The zero-order valence-corrected chi connectivity index (χ0v) is 13.3. The third kappa shape index (κ3) is 4.08. The van der Waals surface area contributed by atoms with Crippen LogP contribution in [0.5, 0.6) is 0 Å². The Kier molecular flexibility index (Phi) is 5.38. The molecule has 0 spiro atoms. The second-order valence-corrected chi connectivity index (χ2v) is 5.77. The second-order valence-electron chi connectivity index (χ2n) is 4.83. The average Bonchev–Trinajstić information content (AvgIpc) is 2.95. The van der Waals surface area contributed by atoms with Crippen LogP contribution in [0.25, 0.3) is 0 Å². The SMILES string of the molecule is COCc1nc(C(=O)N(C)C(c2ccccc2)C(F)(F)F)cs1. The van der Waals surface area contributed by atoms with Gasteiger partial charge in [0, 0.05) is 19.5 Å². The highest BCUT2D eigenvalue weighted by Crippen LogP contribution is 2.37. The molecule has 1 aromatic carbocycles. The van der Waals surface area contributed by atoms with Crippen LogP contribution in [0.2, 0.25) is 0 Å². The number of methoxy groups -OCH3 is 1. The number of benzene rings is 1. The molecule has 2 rings (SSSR count). The van der Waals surface area contributed by atoms with Crippen molar-refractivity contribution >= 4 is 17.2 Å². The summed E-state index contributed by atoms with van der Waals surface area (Å²) in [5, 5.41) is 1.97. The highest BCUT2D eigenvalue weighted by molar-refractivity contribution is 7.09.